The van der Waals surface area contributed by atoms with Gasteiger partial charge in [0.25, 0.3) is 0 Å². The summed E-state index contributed by atoms with van der Waals surface area (Å²) < 4.78 is 6.83. The van der Waals surface area contributed by atoms with Gasteiger partial charge in [0.05, 0.1) is 12.3 Å². The van der Waals surface area contributed by atoms with Crippen molar-refractivity contribution in [1.82, 2.24) is 15.1 Å². The number of nitrogens with zero attached hydrogens (tertiary/aromatic N) is 2. The zero-order valence-corrected chi connectivity index (χ0v) is 11.6. The van der Waals surface area contributed by atoms with E-state index in [0.717, 1.165) is 30.6 Å². The van der Waals surface area contributed by atoms with Crippen LogP contribution >= 0.6 is 0 Å². The maximum Gasteiger partial charge on any atom is 0.316 e. The standard InChI is InChI=1S/C14H19N3O3/c1-2-20-14(19)9-4-3-7-17-12(13(9)18)10-8-15-6-5-11(10)16-17/h9,15H,2-8H2,1H3. The minimum atomic E-state index is -0.668. The molecule has 0 spiro atoms. The highest BCUT2D eigenvalue weighted by molar-refractivity contribution is 6.08. The van der Waals surface area contributed by atoms with Gasteiger partial charge in [0.2, 0.25) is 0 Å². The molecule has 1 aromatic heterocycles. The molecular formula is C14H19N3O3. The first-order chi connectivity index (χ1) is 9.72. The molecular weight excluding hydrogens is 258 g/mol. The smallest absolute Gasteiger partial charge is 0.316 e. The fourth-order valence-corrected chi connectivity index (χ4v) is 3.00. The lowest BCUT2D eigenvalue weighted by atomic mass is 9.94. The second-order valence-corrected chi connectivity index (χ2v) is 5.23. The summed E-state index contributed by atoms with van der Waals surface area (Å²) in [7, 11) is 0. The molecule has 2 aliphatic rings. The Morgan fingerprint density at radius 2 is 2.40 bits per heavy atom. The van der Waals surface area contributed by atoms with E-state index in [0.29, 0.717) is 31.8 Å². The van der Waals surface area contributed by atoms with Crippen LogP contribution in [-0.4, -0.2) is 34.7 Å². The molecule has 0 bridgehead atoms. The van der Waals surface area contributed by atoms with Crippen molar-refractivity contribution in [2.45, 2.75) is 39.3 Å². The Labute approximate surface area is 117 Å². The highest BCUT2D eigenvalue weighted by Crippen LogP contribution is 2.27. The minimum absolute atomic E-state index is 0.126. The molecule has 1 atom stereocenters. The van der Waals surface area contributed by atoms with Crippen LogP contribution in [-0.2, 0) is 29.0 Å². The molecule has 108 valence electrons. The number of ketones is 1. The summed E-state index contributed by atoms with van der Waals surface area (Å²) in [6.07, 6.45) is 2.16. The van der Waals surface area contributed by atoms with Crippen molar-refractivity contribution in [1.29, 1.82) is 0 Å². The van der Waals surface area contributed by atoms with Gasteiger partial charge in [-0.3, -0.25) is 14.3 Å². The van der Waals surface area contributed by atoms with Gasteiger partial charge in [-0.1, -0.05) is 0 Å². The summed E-state index contributed by atoms with van der Waals surface area (Å²) in [4.78, 5) is 24.7. The molecule has 1 aromatic rings. The fourth-order valence-electron chi connectivity index (χ4n) is 3.00. The van der Waals surface area contributed by atoms with Crippen molar-refractivity contribution >= 4 is 11.8 Å². The van der Waals surface area contributed by atoms with Crippen molar-refractivity contribution in [3.8, 4) is 0 Å². The number of rotatable bonds is 2. The van der Waals surface area contributed by atoms with Crippen LogP contribution in [0.15, 0.2) is 0 Å². The molecule has 20 heavy (non-hydrogen) atoms. The first-order valence-corrected chi connectivity index (χ1v) is 7.22. The lowest BCUT2D eigenvalue weighted by Crippen LogP contribution is -2.29. The quantitative estimate of drug-likeness (QED) is 0.636. The Kier molecular flexibility index (Phi) is 3.56. The minimum Gasteiger partial charge on any atom is -0.465 e. The van der Waals surface area contributed by atoms with Crippen LogP contribution in [0, 0.1) is 5.92 Å². The van der Waals surface area contributed by atoms with Crippen LogP contribution in [0.5, 0.6) is 0 Å². The number of ether oxygens (including phenoxy) is 1. The molecule has 0 aromatic carbocycles. The van der Waals surface area contributed by atoms with Crippen LogP contribution in [0.25, 0.3) is 0 Å². The van der Waals surface area contributed by atoms with Gasteiger partial charge < -0.3 is 10.1 Å². The molecule has 0 saturated heterocycles. The maximum atomic E-state index is 12.7. The molecule has 2 aliphatic heterocycles. The Balaban J connectivity index is 1.97. The molecule has 1 N–H and O–H groups in total. The second-order valence-electron chi connectivity index (χ2n) is 5.23. The van der Waals surface area contributed by atoms with Crippen molar-refractivity contribution in [3.63, 3.8) is 0 Å². The summed E-state index contributed by atoms with van der Waals surface area (Å²) >= 11 is 0. The summed E-state index contributed by atoms with van der Waals surface area (Å²) in [6.45, 7) is 4.31. The van der Waals surface area contributed by atoms with Crippen molar-refractivity contribution in [2.75, 3.05) is 13.2 Å². The van der Waals surface area contributed by atoms with E-state index in [-0.39, 0.29) is 5.78 Å². The average molecular weight is 277 g/mol. The van der Waals surface area contributed by atoms with Crippen molar-refractivity contribution < 1.29 is 14.3 Å². The molecule has 0 saturated carbocycles. The Hall–Kier alpha value is -1.69. The Morgan fingerprint density at radius 3 is 3.20 bits per heavy atom. The first-order valence-electron chi connectivity index (χ1n) is 7.22. The van der Waals surface area contributed by atoms with Gasteiger partial charge in [0.15, 0.2) is 5.78 Å². The van der Waals surface area contributed by atoms with Gasteiger partial charge >= 0.3 is 5.97 Å². The van der Waals surface area contributed by atoms with E-state index in [1.807, 2.05) is 0 Å². The van der Waals surface area contributed by atoms with Crippen LogP contribution in [0.4, 0.5) is 0 Å². The molecule has 6 nitrogen and oxygen atoms in total. The number of aryl methyl sites for hydroxylation is 1. The number of Topliss-reactive ketones (excluding diaryl/α,β-unsaturated/α-hetero) is 1. The summed E-state index contributed by atoms with van der Waals surface area (Å²) in [6, 6.07) is 0. The van der Waals surface area contributed by atoms with Gasteiger partial charge in [-0.05, 0) is 19.8 Å². The van der Waals surface area contributed by atoms with Gasteiger partial charge in [-0.15, -0.1) is 0 Å². The van der Waals surface area contributed by atoms with E-state index in [1.54, 1.807) is 11.6 Å². The third-order valence-corrected chi connectivity index (χ3v) is 3.96. The molecule has 0 fully saturated rings. The lowest BCUT2D eigenvalue weighted by Gasteiger charge is -2.15. The zero-order valence-electron chi connectivity index (χ0n) is 11.6. The maximum absolute atomic E-state index is 12.7. The number of carbonyl (C=O) groups excluding carboxylic acids is 2. The first kappa shape index (κ1) is 13.3. The third kappa shape index (κ3) is 2.14. The highest BCUT2D eigenvalue weighted by Gasteiger charge is 2.36. The van der Waals surface area contributed by atoms with E-state index in [2.05, 4.69) is 10.4 Å². The third-order valence-electron chi connectivity index (χ3n) is 3.96. The fraction of sp³-hybridized carbons (Fsp3) is 0.643. The van der Waals surface area contributed by atoms with E-state index in [4.69, 9.17) is 4.74 Å². The summed E-state index contributed by atoms with van der Waals surface area (Å²) in [5.41, 5.74) is 2.58. The number of hydrogen-bond acceptors (Lipinski definition) is 5. The molecule has 3 heterocycles. The Bertz CT molecular complexity index is 550. The number of carbonyl (C=O) groups is 2. The monoisotopic (exact) mass is 277 g/mol. The molecule has 3 rings (SSSR count). The molecule has 6 heteroatoms. The second kappa shape index (κ2) is 5.36. The zero-order chi connectivity index (χ0) is 14.1. The van der Waals surface area contributed by atoms with Crippen LogP contribution in [0.2, 0.25) is 0 Å². The number of aromatic nitrogens is 2. The predicted molar refractivity (Wildman–Crippen MR) is 71.3 cm³/mol. The van der Waals surface area contributed by atoms with Crippen LogP contribution < -0.4 is 5.32 Å². The molecule has 0 aliphatic carbocycles. The van der Waals surface area contributed by atoms with E-state index < -0.39 is 11.9 Å². The average Bonchev–Trinajstić information content (AvgIpc) is 2.73. The summed E-state index contributed by atoms with van der Waals surface area (Å²) in [5, 5.41) is 7.81. The largest absolute Gasteiger partial charge is 0.465 e. The topological polar surface area (TPSA) is 73.2 Å². The number of fused-ring (bicyclic) bond motifs is 3. The molecule has 0 amide bonds. The summed E-state index contributed by atoms with van der Waals surface area (Å²) in [5.74, 6) is -1.19. The highest BCUT2D eigenvalue weighted by atomic mass is 16.5. The Morgan fingerprint density at radius 1 is 1.55 bits per heavy atom. The SMILES string of the molecule is CCOC(=O)C1CCCn2nc3c(c2C1=O)CNCC3. The lowest BCUT2D eigenvalue weighted by molar-refractivity contribution is -0.146. The normalized spacial score (nSPS) is 21.9. The number of esters is 1. The number of nitrogens with one attached hydrogen (secondary N) is 1. The van der Waals surface area contributed by atoms with Crippen LogP contribution in [0.3, 0.4) is 0 Å². The van der Waals surface area contributed by atoms with Crippen molar-refractivity contribution in [2.24, 2.45) is 5.92 Å². The van der Waals surface area contributed by atoms with Gasteiger partial charge in [0, 0.05) is 31.6 Å². The van der Waals surface area contributed by atoms with Gasteiger partial charge in [-0.25, -0.2) is 0 Å². The van der Waals surface area contributed by atoms with E-state index in [1.165, 1.54) is 0 Å². The van der Waals surface area contributed by atoms with E-state index in [9.17, 15) is 9.59 Å². The molecule has 0 radical (unpaired) electrons. The van der Waals surface area contributed by atoms with E-state index >= 15 is 0 Å². The van der Waals surface area contributed by atoms with Gasteiger partial charge in [-0.2, -0.15) is 5.10 Å². The molecule has 1 unspecified atom stereocenters. The van der Waals surface area contributed by atoms with Crippen molar-refractivity contribution in [3.05, 3.63) is 17.0 Å². The van der Waals surface area contributed by atoms with Crippen LogP contribution in [0.1, 0.15) is 41.5 Å². The number of hydrogen-bond donors (Lipinski definition) is 1. The predicted octanol–water partition coefficient (Wildman–Crippen LogP) is 0.685. The van der Waals surface area contributed by atoms with Gasteiger partial charge in [0.1, 0.15) is 11.6 Å².